The van der Waals surface area contributed by atoms with E-state index in [1.165, 1.54) is 164 Å². The summed E-state index contributed by atoms with van der Waals surface area (Å²) in [6.45, 7) is 0. The second kappa shape index (κ2) is 37.4. The number of fused-ring (bicyclic) bond motifs is 21. The first-order chi connectivity index (χ1) is 74.4. The fourth-order valence-electron chi connectivity index (χ4n) is 23.0. The lowest BCUT2D eigenvalue weighted by atomic mass is 9.92. The van der Waals surface area contributed by atoms with E-state index in [0.717, 1.165) is 117 Å². The van der Waals surface area contributed by atoms with Crippen molar-refractivity contribution in [2.45, 2.75) is 0 Å². The highest BCUT2D eigenvalue weighted by Crippen LogP contribution is 2.52. The number of rotatable bonds is 15. The molecular weight excluding hydrogens is 1820 g/mol. The summed E-state index contributed by atoms with van der Waals surface area (Å²) in [7, 11) is 0. The first-order valence-electron chi connectivity index (χ1n) is 51.3. The van der Waals surface area contributed by atoms with Crippen molar-refractivity contribution < 1.29 is 13.3 Å². The highest BCUT2D eigenvalue weighted by atomic mass is 16.3. The van der Waals surface area contributed by atoms with Gasteiger partial charge in [0.1, 0.15) is 33.5 Å². The van der Waals surface area contributed by atoms with Crippen molar-refractivity contribution in [3.63, 3.8) is 0 Å². The highest BCUT2D eigenvalue weighted by Gasteiger charge is 2.27. The Morgan fingerprint density at radius 3 is 0.733 bits per heavy atom. The number of hydrogen-bond acceptors (Lipinski definition) is 6. The number of anilines is 9. The quantitative estimate of drug-likeness (QED) is 0.0954. The molecule has 0 spiro atoms. The van der Waals surface area contributed by atoms with Crippen LogP contribution in [0.5, 0.6) is 0 Å². The van der Waals surface area contributed by atoms with Crippen LogP contribution in [0.1, 0.15) is 0 Å². The zero-order valence-corrected chi connectivity index (χ0v) is 81.8. The van der Waals surface area contributed by atoms with Crippen molar-refractivity contribution >= 4 is 214 Å². The summed E-state index contributed by atoms with van der Waals surface area (Å²) in [6.07, 6.45) is 0. The molecule has 3 aromatic heterocycles. The molecule has 0 N–H and O–H groups in total. The minimum Gasteiger partial charge on any atom is -0.456 e. The van der Waals surface area contributed by atoms with Gasteiger partial charge in [-0.3, -0.25) is 0 Å². The molecule has 0 aliphatic carbocycles. The van der Waals surface area contributed by atoms with Crippen LogP contribution in [0.4, 0.5) is 51.2 Å². The summed E-state index contributed by atoms with van der Waals surface area (Å²) in [6, 6.07) is 203. The molecule has 0 atom stereocenters. The number of nitrogens with zero attached hydrogens (tertiary/aromatic N) is 3. The third-order valence-electron chi connectivity index (χ3n) is 30.2. The molecule has 0 fully saturated rings. The van der Waals surface area contributed by atoms with Crippen LogP contribution in [0.3, 0.4) is 0 Å². The van der Waals surface area contributed by atoms with E-state index < -0.39 is 0 Å². The van der Waals surface area contributed by atoms with Crippen LogP contribution in [0.25, 0.3) is 230 Å². The fourth-order valence-corrected chi connectivity index (χ4v) is 23.0. The molecule has 30 rings (SSSR count). The minimum atomic E-state index is 0.873. The topological polar surface area (TPSA) is 49.1 Å². The Balaban J connectivity index is 0.000000108. The lowest BCUT2D eigenvalue weighted by molar-refractivity contribution is 0.668. The predicted octanol–water partition coefficient (Wildman–Crippen LogP) is 41.5. The Hall–Kier alpha value is -19.9. The van der Waals surface area contributed by atoms with E-state index in [1.807, 2.05) is 36.4 Å². The molecule has 150 heavy (non-hydrogen) atoms. The van der Waals surface area contributed by atoms with Gasteiger partial charge in [0.25, 0.3) is 0 Å². The van der Waals surface area contributed by atoms with Crippen LogP contribution in [-0.2, 0) is 0 Å². The van der Waals surface area contributed by atoms with Gasteiger partial charge in [-0.25, -0.2) is 0 Å². The summed E-state index contributed by atoms with van der Waals surface area (Å²) < 4.78 is 19.2. The van der Waals surface area contributed by atoms with Crippen LogP contribution in [0.2, 0.25) is 0 Å². The van der Waals surface area contributed by atoms with Crippen LogP contribution in [-0.4, -0.2) is 0 Å². The standard InChI is InChI=1S/3C48H31NO/c1-3-13-39-34(10-1)12-9-18-40(39)35-22-20-32(21-23-35)33-24-26-37(27-25-33)49(38-28-29-45-44-17-7-8-19-47(44)50-48(45)31-38)46-30-36-11-2-4-14-41(36)42-15-5-6-16-43(42)46;1-2-12-32(13-3-1)33-22-24-34(25-23-33)38-28-29-45(41-18-8-6-17-40(38)41)49(36-26-27-44-43-20-10-11-21-47(43)50-48(44)31-36)46-30-35-14-4-5-15-37(35)39-16-7-9-19-42(39)46;1-2-12-32(13-3-1)38-28-29-39(41-17-7-6-16-40(38)41)33-22-24-35(25-23-33)49(36-26-27-45-44-20-10-11-21-47(44)50-48(45)31-36)46-30-34-14-4-5-15-37(34)42-18-8-9-19-43(42)46/h3*1-31H. The van der Waals surface area contributed by atoms with Gasteiger partial charge in [0.05, 0.1) is 22.7 Å². The highest BCUT2D eigenvalue weighted by molar-refractivity contribution is 6.21. The number of furan rings is 3. The molecule has 27 aromatic carbocycles. The largest absolute Gasteiger partial charge is 0.456 e. The third-order valence-corrected chi connectivity index (χ3v) is 30.2. The number of para-hydroxylation sites is 3. The fraction of sp³-hybridized carbons (Fsp3) is 0. The Bertz CT molecular complexity index is 10500. The van der Waals surface area contributed by atoms with E-state index in [9.17, 15) is 0 Å². The van der Waals surface area contributed by atoms with Gasteiger partial charge in [-0.05, 0) is 245 Å². The van der Waals surface area contributed by atoms with E-state index in [0.29, 0.717) is 0 Å². The smallest absolute Gasteiger partial charge is 0.137 e. The van der Waals surface area contributed by atoms with Crippen molar-refractivity contribution in [3.05, 3.63) is 564 Å². The van der Waals surface area contributed by atoms with E-state index in [2.05, 4.69) is 542 Å². The first-order valence-corrected chi connectivity index (χ1v) is 51.3. The Morgan fingerprint density at radius 2 is 0.340 bits per heavy atom. The second-order valence-electron chi connectivity index (χ2n) is 38.7. The van der Waals surface area contributed by atoms with Crippen molar-refractivity contribution in [1.29, 1.82) is 0 Å². The lowest BCUT2D eigenvalue weighted by Gasteiger charge is -2.29. The predicted molar refractivity (Wildman–Crippen MR) is 635 cm³/mol. The van der Waals surface area contributed by atoms with Crippen LogP contribution >= 0.6 is 0 Å². The monoisotopic (exact) mass is 1910 g/mol. The summed E-state index contributed by atoms with van der Waals surface area (Å²) >= 11 is 0. The molecule has 0 amide bonds. The number of benzene rings is 27. The van der Waals surface area contributed by atoms with Crippen molar-refractivity contribution in [2.75, 3.05) is 14.7 Å². The Labute approximate surface area is 866 Å². The SMILES string of the molecule is c1ccc(-c2ccc(-c3ccc(N(c4ccc5c(c4)oc4ccccc45)c4cc5ccccc5c5ccccc45)c4ccccc34)cc2)cc1.c1ccc(-c2ccc(-c3ccc(N(c4ccc5c(c4)oc4ccccc45)c4cc5ccccc5c5ccccc45)cc3)c3ccccc23)cc1.c1ccc2c(-c3ccc(-c4ccc(N(c5ccc6c(c5)oc5ccccc56)c5cc6ccccc6c6ccccc56)cc4)cc3)cccc2c1. The lowest BCUT2D eigenvalue weighted by Crippen LogP contribution is -2.11. The molecule has 6 heteroatoms. The molecule has 30 aromatic rings. The number of hydrogen-bond donors (Lipinski definition) is 0. The normalized spacial score (nSPS) is 11.6. The third kappa shape index (κ3) is 15.7. The molecule has 702 valence electrons. The zero-order valence-electron chi connectivity index (χ0n) is 81.8. The molecule has 0 radical (unpaired) electrons. The van der Waals surface area contributed by atoms with Crippen LogP contribution < -0.4 is 14.7 Å². The summed E-state index contributed by atoms with van der Waals surface area (Å²) in [5, 5.41) is 28.8. The molecule has 0 aliphatic rings. The molecule has 0 saturated carbocycles. The average molecular weight is 1910 g/mol. The summed E-state index contributed by atoms with van der Waals surface area (Å²) in [5.41, 5.74) is 29.7. The van der Waals surface area contributed by atoms with Gasteiger partial charge < -0.3 is 28.0 Å². The van der Waals surface area contributed by atoms with Gasteiger partial charge in [0.15, 0.2) is 0 Å². The second-order valence-corrected chi connectivity index (χ2v) is 38.7. The molecule has 3 heterocycles. The van der Waals surface area contributed by atoms with E-state index in [-0.39, 0.29) is 0 Å². The van der Waals surface area contributed by atoms with Gasteiger partial charge in [0, 0.05) is 100 Å². The zero-order chi connectivity index (χ0) is 99.1. The van der Waals surface area contributed by atoms with Crippen molar-refractivity contribution in [2.24, 2.45) is 0 Å². The average Bonchev–Trinajstić information content (AvgIpc) is 1.38. The van der Waals surface area contributed by atoms with Gasteiger partial charge in [-0.15, -0.1) is 0 Å². The maximum absolute atomic E-state index is 6.45. The molecule has 6 nitrogen and oxygen atoms in total. The van der Waals surface area contributed by atoms with Gasteiger partial charge in [-0.1, -0.05) is 443 Å². The molecule has 0 aliphatic heterocycles. The summed E-state index contributed by atoms with van der Waals surface area (Å²) in [5.74, 6) is 0. The summed E-state index contributed by atoms with van der Waals surface area (Å²) in [4.78, 5) is 7.17. The van der Waals surface area contributed by atoms with Gasteiger partial charge in [-0.2, -0.15) is 0 Å². The van der Waals surface area contributed by atoms with E-state index in [1.54, 1.807) is 0 Å². The van der Waals surface area contributed by atoms with E-state index in [4.69, 9.17) is 13.3 Å². The van der Waals surface area contributed by atoms with Crippen LogP contribution in [0.15, 0.2) is 577 Å². The Kier molecular flexibility index (Phi) is 21.9. The maximum atomic E-state index is 6.45. The van der Waals surface area contributed by atoms with Gasteiger partial charge >= 0.3 is 0 Å². The minimum absolute atomic E-state index is 0.873. The van der Waals surface area contributed by atoms with Crippen molar-refractivity contribution in [3.8, 4) is 66.8 Å². The maximum Gasteiger partial charge on any atom is 0.137 e. The molecule has 0 saturated heterocycles. The molecule has 0 bridgehead atoms. The molecular formula is C144H93N3O3. The first kappa shape index (κ1) is 87.8. The van der Waals surface area contributed by atoms with Crippen molar-refractivity contribution in [1.82, 2.24) is 0 Å². The Morgan fingerprint density at radius 1 is 0.107 bits per heavy atom. The molecule has 0 unspecified atom stereocenters. The van der Waals surface area contributed by atoms with E-state index >= 15 is 0 Å². The van der Waals surface area contributed by atoms with Crippen LogP contribution in [0, 0.1) is 0 Å². The van der Waals surface area contributed by atoms with Gasteiger partial charge in [0.2, 0.25) is 0 Å².